The molecule has 4 heteroatoms. The summed E-state index contributed by atoms with van der Waals surface area (Å²) < 4.78 is 2.98. The highest BCUT2D eigenvalue weighted by molar-refractivity contribution is 9.10. The first-order valence-electron chi connectivity index (χ1n) is 5.65. The van der Waals surface area contributed by atoms with E-state index in [1.807, 2.05) is 16.8 Å². The number of hydrogen-bond donors (Lipinski definition) is 1. The summed E-state index contributed by atoms with van der Waals surface area (Å²) in [6.07, 6.45) is 8.03. The largest absolute Gasteiger partial charge is 0.390 e. The van der Waals surface area contributed by atoms with E-state index in [2.05, 4.69) is 33.0 Å². The monoisotopic (exact) mass is 292 g/mol. The number of rotatable bonds is 3. The summed E-state index contributed by atoms with van der Waals surface area (Å²) in [6.45, 7) is 0. The molecule has 3 rings (SSSR count). The van der Waals surface area contributed by atoms with Gasteiger partial charge in [0, 0.05) is 23.3 Å². The van der Waals surface area contributed by atoms with Gasteiger partial charge in [0.05, 0.1) is 17.6 Å². The topological polar surface area (TPSA) is 38.0 Å². The van der Waals surface area contributed by atoms with E-state index < -0.39 is 5.60 Å². The van der Waals surface area contributed by atoms with Gasteiger partial charge in [0.1, 0.15) is 0 Å². The summed E-state index contributed by atoms with van der Waals surface area (Å²) in [4.78, 5) is 4.03. The maximum atomic E-state index is 9.90. The number of benzene rings is 1. The van der Waals surface area contributed by atoms with Crippen LogP contribution in [0.3, 0.4) is 0 Å². The zero-order valence-corrected chi connectivity index (χ0v) is 10.9. The third-order valence-corrected chi connectivity index (χ3v) is 3.79. The molecule has 1 fully saturated rings. The fourth-order valence-corrected chi connectivity index (χ4v) is 2.60. The molecule has 0 spiro atoms. The van der Waals surface area contributed by atoms with Gasteiger partial charge in [-0.3, -0.25) is 0 Å². The van der Waals surface area contributed by atoms with Gasteiger partial charge in [0.2, 0.25) is 0 Å². The van der Waals surface area contributed by atoms with Gasteiger partial charge in [0.15, 0.2) is 0 Å². The molecule has 1 aromatic carbocycles. The van der Waals surface area contributed by atoms with E-state index in [9.17, 15) is 5.11 Å². The number of hydrogen-bond acceptors (Lipinski definition) is 2. The fraction of sp³-hybridized carbons (Fsp3) is 0.308. The SMILES string of the molecule is OC1(Cc2ccc(-n3ccnc3)c(Br)c2)CC1. The minimum absolute atomic E-state index is 0.435. The number of aliphatic hydroxyl groups is 1. The molecule has 0 amide bonds. The molecule has 0 atom stereocenters. The average molecular weight is 293 g/mol. The van der Waals surface area contributed by atoms with Crippen molar-refractivity contribution in [1.82, 2.24) is 9.55 Å². The second kappa shape index (κ2) is 3.96. The molecule has 0 radical (unpaired) electrons. The van der Waals surface area contributed by atoms with Gasteiger partial charge in [-0.2, -0.15) is 0 Å². The minimum atomic E-state index is -0.435. The van der Waals surface area contributed by atoms with E-state index in [-0.39, 0.29) is 0 Å². The molecule has 1 aliphatic carbocycles. The van der Waals surface area contributed by atoms with Crippen LogP contribution in [0, 0.1) is 0 Å². The van der Waals surface area contributed by atoms with Crippen molar-refractivity contribution in [1.29, 1.82) is 0 Å². The van der Waals surface area contributed by atoms with Crippen LogP contribution in [0.4, 0.5) is 0 Å². The van der Waals surface area contributed by atoms with Crippen molar-refractivity contribution in [3.8, 4) is 5.69 Å². The van der Waals surface area contributed by atoms with Crippen LogP contribution in [0.1, 0.15) is 18.4 Å². The Morgan fingerprint density at radius 3 is 2.82 bits per heavy atom. The highest BCUT2D eigenvalue weighted by Gasteiger charge is 2.40. The van der Waals surface area contributed by atoms with E-state index in [4.69, 9.17) is 0 Å². The third kappa shape index (κ3) is 2.28. The molecular weight excluding hydrogens is 280 g/mol. The molecule has 1 heterocycles. The molecule has 0 saturated heterocycles. The molecule has 2 aromatic rings. The van der Waals surface area contributed by atoms with E-state index >= 15 is 0 Å². The summed E-state index contributed by atoms with van der Waals surface area (Å²) in [6, 6.07) is 6.19. The maximum absolute atomic E-state index is 9.90. The Kier molecular flexibility index (Phi) is 2.56. The predicted molar refractivity (Wildman–Crippen MR) is 69.2 cm³/mol. The Bertz CT molecular complexity index is 532. The number of aromatic nitrogens is 2. The highest BCUT2D eigenvalue weighted by Crippen LogP contribution is 2.38. The molecule has 0 unspecified atom stereocenters. The lowest BCUT2D eigenvalue weighted by molar-refractivity contribution is 0.151. The molecule has 0 bridgehead atoms. The lowest BCUT2D eigenvalue weighted by atomic mass is 10.1. The van der Waals surface area contributed by atoms with Crippen LogP contribution in [0.5, 0.6) is 0 Å². The van der Waals surface area contributed by atoms with E-state index in [1.54, 1.807) is 12.5 Å². The Morgan fingerprint density at radius 1 is 1.41 bits per heavy atom. The van der Waals surface area contributed by atoms with Crippen LogP contribution in [-0.4, -0.2) is 20.3 Å². The van der Waals surface area contributed by atoms with E-state index in [1.165, 1.54) is 5.56 Å². The zero-order valence-electron chi connectivity index (χ0n) is 9.31. The lowest BCUT2D eigenvalue weighted by Gasteiger charge is -2.10. The van der Waals surface area contributed by atoms with Gasteiger partial charge in [-0.25, -0.2) is 4.98 Å². The van der Waals surface area contributed by atoms with Crippen LogP contribution in [0.15, 0.2) is 41.4 Å². The minimum Gasteiger partial charge on any atom is -0.390 e. The molecule has 1 N–H and O–H groups in total. The Balaban J connectivity index is 1.89. The standard InChI is InChI=1S/C13H13BrN2O/c14-11-7-10(8-13(17)3-4-13)1-2-12(11)16-6-5-15-9-16/h1-2,5-7,9,17H,3-4,8H2. The Labute approximate surface area is 108 Å². The fourth-order valence-electron chi connectivity index (χ4n) is 1.97. The highest BCUT2D eigenvalue weighted by atomic mass is 79.9. The molecule has 1 aliphatic rings. The zero-order chi connectivity index (χ0) is 11.9. The summed E-state index contributed by atoms with van der Waals surface area (Å²) in [5, 5.41) is 9.90. The van der Waals surface area contributed by atoms with Crippen molar-refractivity contribution in [3.63, 3.8) is 0 Å². The van der Waals surface area contributed by atoms with Crippen molar-refractivity contribution in [2.75, 3.05) is 0 Å². The second-order valence-electron chi connectivity index (χ2n) is 4.66. The molecule has 17 heavy (non-hydrogen) atoms. The molecule has 88 valence electrons. The average Bonchev–Trinajstić information content (AvgIpc) is 2.81. The van der Waals surface area contributed by atoms with Gasteiger partial charge >= 0.3 is 0 Å². The van der Waals surface area contributed by atoms with Crippen LogP contribution in [-0.2, 0) is 6.42 Å². The first-order valence-corrected chi connectivity index (χ1v) is 6.45. The first kappa shape index (κ1) is 11.0. The van der Waals surface area contributed by atoms with Gasteiger partial charge in [-0.05, 0) is 46.5 Å². The van der Waals surface area contributed by atoms with Crippen LogP contribution in [0.2, 0.25) is 0 Å². The Morgan fingerprint density at radius 2 is 2.24 bits per heavy atom. The lowest BCUT2D eigenvalue weighted by Crippen LogP contribution is -2.10. The van der Waals surface area contributed by atoms with Gasteiger partial charge in [0.25, 0.3) is 0 Å². The number of halogens is 1. The summed E-state index contributed by atoms with van der Waals surface area (Å²) in [7, 11) is 0. The van der Waals surface area contributed by atoms with Crippen molar-refractivity contribution < 1.29 is 5.11 Å². The summed E-state index contributed by atoms with van der Waals surface area (Å²) in [5.41, 5.74) is 1.80. The van der Waals surface area contributed by atoms with Crippen LogP contribution < -0.4 is 0 Å². The van der Waals surface area contributed by atoms with Crippen LogP contribution in [0.25, 0.3) is 5.69 Å². The number of imidazole rings is 1. The summed E-state index contributed by atoms with van der Waals surface area (Å²) >= 11 is 3.57. The molecule has 1 aromatic heterocycles. The van der Waals surface area contributed by atoms with Crippen LogP contribution >= 0.6 is 15.9 Å². The Hall–Kier alpha value is -1.13. The predicted octanol–water partition coefficient (Wildman–Crippen LogP) is 2.70. The van der Waals surface area contributed by atoms with E-state index in [0.29, 0.717) is 0 Å². The first-order chi connectivity index (χ1) is 8.16. The normalized spacial score (nSPS) is 17.1. The third-order valence-electron chi connectivity index (χ3n) is 3.16. The van der Waals surface area contributed by atoms with Gasteiger partial charge in [-0.15, -0.1) is 0 Å². The van der Waals surface area contributed by atoms with E-state index in [0.717, 1.165) is 29.4 Å². The van der Waals surface area contributed by atoms with Crippen molar-refractivity contribution >= 4 is 15.9 Å². The smallest absolute Gasteiger partial charge is 0.0992 e. The summed E-state index contributed by atoms with van der Waals surface area (Å²) in [5.74, 6) is 0. The molecule has 0 aliphatic heterocycles. The van der Waals surface area contributed by atoms with Crippen molar-refractivity contribution in [2.24, 2.45) is 0 Å². The van der Waals surface area contributed by atoms with Gasteiger partial charge < -0.3 is 9.67 Å². The quantitative estimate of drug-likeness (QED) is 0.945. The molecule has 1 saturated carbocycles. The number of nitrogens with zero attached hydrogens (tertiary/aromatic N) is 2. The van der Waals surface area contributed by atoms with Crippen molar-refractivity contribution in [2.45, 2.75) is 24.9 Å². The molecular formula is C13H13BrN2O. The maximum Gasteiger partial charge on any atom is 0.0992 e. The van der Waals surface area contributed by atoms with Gasteiger partial charge in [-0.1, -0.05) is 6.07 Å². The second-order valence-corrected chi connectivity index (χ2v) is 5.51. The van der Waals surface area contributed by atoms with Crippen molar-refractivity contribution in [3.05, 3.63) is 47.0 Å². The molecule has 3 nitrogen and oxygen atoms in total.